The Morgan fingerprint density at radius 2 is 1.07 bits per heavy atom. The van der Waals surface area contributed by atoms with E-state index in [1.807, 2.05) is 6.08 Å². The largest absolute Gasteiger partial charge is 0.466 e. The molecular weight excluding hydrogens is 775 g/mol. The van der Waals surface area contributed by atoms with Crippen LogP contribution in [0, 0.1) is 0 Å². The molecule has 0 aromatic carbocycles. The molecule has 61 heavy (non-hydrogen) atoms. The summed E-state index contributed by atoms with van der Waals surface area (Å²) in [4.78, 5) is 24.9. The molecule has 1 saturated heterocycles. The van der Waals surface area contributed by atoms with E-state index < -0.39 is 49.5 Å². The summed E-state index contributed by atoms with van der Waals surface area (Å²) in [7, 11) is 0. The van der Waals surface area contributed by atoms with E-state index >= 15 is 0 Å². The first-order valence-corrected chi connectivity index (χ1v) is 25.1. The molecule has 0 aromatic rings. The monoisotopic (exact) mass is 868 g/mol. The third-order valence-electron chi connectivity index (χ3n) is 11.8. The molecule has 7 unspecified atom stereocenters. The first kappa shape index (κ1) is 57.2. The standard InChI is InChI=1S/C50H93NO10/c1-3-5-7-9-11-13-17-22-26-30-34-38-46(55)59-39-35-31-27-23-19-16-14-15-18-21-25-29-33-37-45(54)51-42(43(53)36-32-28-24-20-12-10-8-6-4-2)41-60-50-49(58)48(57)47(56)44(40-52)61-50/h9,11,32,36,42-44,47-50,52-53,56-58H,3-8,10,12-31,33-35,37-41H2,1-2H3,(H,51,54)/b11-9-,36-32+. The van der Waals surface area contributed by atoms with E-state index in [0.717, 1.165) is 70.6 Å². The van der Waals surface area contributed by atoms with Crippen LogP contribution in [-0.2, 0) is 23.8 Å². The molecular formula is C50H93NO10. The molecule has 0 aromatic heterocycles. The Morgan fingerprint density at radius 3 is 1.62 bits per heavy atom. The normalized spacial score (nSPS) is 20.4. The Balaban J connectivity index is 2.15. The molecule has 1 fully saturated rings. The van der Waals surface area contributed by atoms with Gasteiger partial charge >= 0.3 is 5.97 Å². The maximum absolute atomic E-state index is 12.9. The van der Waals surface area contributed by atoms with Gasteiger partial charge in [-0.25, -0.2) is 0 Å². The zero-order chi connectivity index (χ0) is 44.6. The Morgan fingerprint density at radius 1 is 0.590 bits per heavy atom. The Kier molecular flexibility index (Phi) is 38.3. The van der Waals surface area contributed by atoms with Gasteiger partial charge in [-0.3, -0.25) is 9.59 Å². The molecule has 0 bridgehead atoms. The minimum atomic E-state index is -1.57. The lowest BCUT2D eigenvalue weighted by atomic mass is 9.99. The number of hydrogen-bond donors (Lipinski definition) is 6. The molecule has 1 heterocycles. The van der Waals surface area contributed by atoms with E-state index in [0.29, 0.717) is 19.4 Å². The molecule has 1 aliphatic heterocycles. The highest BCUT2D eigenvalue weighted by Gasteiger charge is 2.44. The van der Waals surface area contributed by atoms with E-state index in [2.05, 4.69) is 31.3 Å². The lowest BCUT2D eigenvalue weighted by Gasteiger charge is -2.40. The van der Waals surface area contributed by atoms with Gasteiger partial charge < -0.3 is 45.1 Å². The van der Waals surface area contributed by atoms with Gasteiger partial charge in [0.05, 0.1) is 32.0 Å². The van der Waals surface area contributed by atoms with Crippen LogP contribution in [-0.4, -0.2) is 100 Å². The zero-order valence-electron chi connectivity index (χ0n) is 38.9. The number of aliphatic hydroxyl groups excluding tert-OH is 5. The summed E-state index contributed by atoms with van der Waals surface area (Å²) in [5.74, 6) is -0.237. The number of aliphatic hydroxyl groups is 5. The Labute approximate surface area is 371 Å². The maximum atomic E-state index is 12.9. The number of carbonyl (C=O) groups excluding carboxylic acids is 2. The van der Waals surface area contributed by atoms with Crippen LogP contribution < -0.4 is 5.32 Å². The van der Waals surface area contributed by atoms with E-state index in [4.69, 9.17) is 14.2 Å². The summed E-state index contributed by atoms with van der Waals surface area (Å²) in [5.41, 5.74) is 0. The van der Waals surface area contributed by atoms with Crippen molar-refractivity contribution in [1.29, 1.82) is 0 Å². The first-order valence-electron chi connectivity index (χ1n) is 25.1. The van der Waals surface area contributed by atoms with Crippen LogP contribution in [0.4, 0.5) is 0 Å². The second kappa shape index (κ2) is 40.9. The summed E-state index contributed by atoms with van der Waals surface area (Å²) in [6, 6.07) is -0.817. The average Bonchev–Trinajstić information content (AvgIpc) is 3.25. The Bertz CT molecular complexity index is 1070. The van der Waals surface area contributed by atoms with Crippen molar-refractivity contribution in [1.82, 2.24) is 5.32 Å². The van der Waals surface area contributed by atoms with Gasteiger partial charge in [0, 0.05) is 12.8 Å². The third-order valence-corrected chi connectivity index (χ3v) is 11.8. The third kappa shape index (κ3) is 31.6. The molecule has 6 N–H and O–H groups in total. The van der Waals surface area contributed by atoms with Gasteiger partial charge in [0.15, 0.2) is 6.29 Å². The van der Waals surface area contributed by atoms with Crippen molar-refractivity contribution < 1.29 is 49.3 Å². The predicted octanol–water partition coefficient (Wildman–Crippen LogP) is 9.83. The number of amides is 1. The van der Waals surface area contributed by atoms with Crippen molar-refractivity contribution in [2.75, 3.05) is 19.8 Å². The first-order chi connectivity index (χ1) is 29.7. The molecule has 7 atom stereocenters. The molecule has 11 heteroatoms. The molecule has 0 aliphatic carbocycles. The topological polar surface area (TPSA) is 175 Å². The fourth-order valence-corrected chi connectivity index (χ4v) is 7.71. The van der Waals surface area contributed by atoms with Crippen molar-refractivity contribution in [2.45, 2.75) is 262 Å². The van der Waals surface area contributed by atoms with E-state index in [1.165, 1.54) is 122 Å². The molecule has 358 valence electrons. The lowest BCUT2D eigenvalue weighted by molar-refractivity contribution is -0.302. The van der Waals surface area contributed by atoms with Crippen molar-refractivity contribution in [2.24, 2.45) is 0 Å². The van der Waals surface area contributed by atoms with Gasteiger partial charge in [0.25, 0.3) is 0 Å². The van der Waals surface area contributed by atoms with Gasteiger partial charge in [-0.1, -0.05) is 179 Å². The number of unbranched alkanes of at least 4 members (excludes halogenated alkanes) is 26. The number of esters is 1. The van der Waals surface area contributed by atoms with E-state index in [1.54, 1.807) is 6.08 Å². The van der Waals surface area contributed by atoms with Gasteiger partial charge in [-0.05, 0) is 51.4 Å². The number of carbonyl (C=O) groups is 2. The average molecular weight is 868 g/mol. The second-order valence-electron chi connectivity index (χ2n) is 17.5. The minimum Gasteiger partial charge on any atom is -0.466 e. The fourth-order valence-electron chi connectivity index (χ4n) is 7.71. The molecule has 1 rings (SSSR count). The van der Waals surface area contributed by atoms with E-state index in [9.17, 15) is 35.1 Å². The van der Waals surface area contributed by atoms with Crippen LogP contribution in [0.5, 0.6) is 0 Å². The summed E-state index contributed by atoms with van der Waals surface area (Å²) in [6.45, 7) is 4.21. The maximum Gasteiger partial charge on any atom is 0.305 e. The van der Waals surface area contributed by atoms with Crippen LogP contribution in [0.1, 0.15) is 219 Å². The molecule has 0 spiro atoms. The van der Waals surface area contributed by atoms with E-state index in [-0.39, 0.29) is 18.5 Å². The molecule has 0 saturated carbocycles. The number of rotatable bonds is 42. The van der Waals surface area contributed by atoms with Crippen molar-refractivity contribution in [3.8, 4) is 0 Å². The number of allylic oxidation sites excluding steroid dienone is 3. The van der Waals surface area contributed by atoms with Crippen LogP contribution in [0.3, 0.4) is 0 Å². The quantitative estimate of drug-likeness (QED) is 0.0197. The number of nitrogens with one attached hydrogen (secondary N) is 1. The summed E-state index contributed by atoms with van der Waals surface area (Å²) in [5, 5.41) is 54.0. The van der Waals surface area contributed by atoms with Gasteiger partial charge in [-0.15, -0.1) is 0 Å². The zero-order valence-corrected chi connectivity index (χ0v) is 38.9. The van der Waals surface area contributed by atoms with Crippen LogP contribution in [0.15, 0.2) is 24.3 Å². The molecule has 1 aliphatic rings. The summed E-state index contributed by atoms with van der Waals surface area (Å²) in [6.07, 6.45) is 35.4. The summed E-state index contributed by atoms with van der Waals surface area (Å²) >= 11 is 0. The molecule has 1 amide bonds. The van der Waals surface area contributed by atoms with Crippen molar-refractivity contribution in [3.05, 3.63) is 24.3 Å². The highest BCUT2D eigenvalue weighted by molar-refractivity contribution is 5.76. The lowest BCUT2D eigenvalue weighted by Crippen LogP contribution is -2.60. The predicted molar refractivity (Wildman–Crippen MR) is 246 cm³/mol. The van der Waals surface area contributed by atoms with Crippen molar-refractivity contribution in [3.63, 3.8) is 0 Å². The number of hydrogen-bond acceptors (Lipinski definition) is 10. The number of ether oxygens (including phenoxy) is 3. The van der Waals surface area contributed by atoms with Crippen molar-refractivity contribution >= 4 is 11.9 Å². The SMILES string of the molecule is CCCC/C=C\CCCCCCCC(=O)OCCCCCCCCCCCCCCCC(=O)NC(COC1OC(CO)C(O)C(O)C1O)C(O)/C=C/CCCCCCCCC. The smallest absolute Gasteiger partial charge is 0.305 e. The Hall–Kier alpha value is -1.86. The minimum absolute atomic E-state index is 0.0395. The molecule has 11 nitrogen and oxygen atoms in total. The van der Waals surface area contributed by atoms with Gasteiger partial charge in [0.2, 0.25) is 5.91 Å². The summed E-state index contributed by atoms with van der Waals surface area (Å²) < 4.78 is 16.6. The highest BCUT2D eigenvalue weighted by Crippen LogP contribution is 2.23. The highest BCUT2D eigenvalue weighted by atomic mass is 16.7. The van der Waals surface area contributed by atoms with Crippen LogP contribution in [0.25, 0.3) is 0 Å². The van der Waals surface area contributed by atoms with Gasteiger partial charge in [-0.2, -0.15) is 0 Å². The second-order valence-corrected chi connectivity index (χ2v) is 17.5. The van der Waals surface area contributed by atoms with Gasteiger partial charge in [0.1, 0.15) is 24.4 Å². The molecule has 0 radical (unpaired) electrons. The van der Waals surface area contributed by atoms with Crippen LogP contribution >= 0.6 is 0 Å². The van der Waals surface area contributed by atoms with Crippen LogP contribution in [0.2, 0.25) is 0 Å². The fraction of sp³-hybridized carbons (Fsp3) is 0.880.